The van der Waals surface area contributed by atoms with Crippen LogP contribution in [0.15, 0.2) is 0 Å². The van der Waals surface area contributed by atoms with Crippen LogP contribution < -0.4 is 0 Å². The smallest absolute Gasteiger partial charge is 0.340 e. The lowest BCUT2D eigenvalue weighted by atomic mass is 9.85. The largest absolute Gasteiger partial charge is 0.460 e. The standard InChI is InChI=1S/C20H30N2O4/c1-12-11-15-7-5-6-8-16(15)22(12)19(23)18-13(2)17(14(3)21-18)20(24)26-10-9-25-4/h12,15-16,21H,5-11H2,1-4H3. The highest BCUT2D eigenvalue weighted by Crippen LogP contribution is 2.40. The molecule has 3 rings (SSSR count). The van der Waals surface area contributed by atoms with E-state index in [2.05, 4.69) is 16.8 Å². The Morgan fingerprint density at radius 3 is 2.65 bits per heavy atom. The molecule has 26 heavy (non-hydrogen) atoms. The third kappa shape index (κ3) is 3.39. The first-order valence-corrected chi connectivity index (χ1v) is 9.63. The molecule has 2 fully saturated rings. The van der Waals surface area contributed by atoms with Gasteiger partial charge in [0.2, 0.25) is 0 Å². The summed E-state index contributed by atoms with van der Waals surface area (Å²) in [5.74, 6) is 0.235. The van der Waals surface area contributed by atoms with Gasteiger partial charge in [0.25, 0.3) is 5.91 Å². The van der Waals surface area contributed by atoms with Gasteiger partial charge in [-0.1, -0.05) is 12.8 Å². The molecule has 0 radical (unpaired) electrons. The van der Waals surface area contributed by atoms with Gasteiger partial charge in [-0.25, -0.2) is 4.79 Å². The Morgan fingerprint density at radius 1 is 1.19 bits per heavy atom. The number of aryl methyl sites for hydroxylation is 1. The summed E-state index contributed by atoms with van der Waals surface area (Å²) in [5, 5.41) is 0. The fourth-order valence-electron chi connectivity index (χ4n) is 4.75. The molecule has 1 saturated carbocycles. The van der Waals surface area contributed by atoms with E-state index in [1.54, 1.807) is 7.11 Å². The van der Waals surface area contributed by atoms with E-state index in [-0.39, 0.29) is 18.6 Å². The van der Waals surface area contributed by atoms with Gasteiger partial charge >= 0.3 is 5.97 Å². The first-order chi connectivity index (χ1) is 12.5. The minimum atomic E-state index is -0.405. The number of hydrogen-bond acceptors (Lipinski definition) is 4. The molecule has 2 aliphatic rings. The van der Waals surface area contributed by atoms with Crippen LogP contribution in [-0.4, -0.2) is 54.2 Å². The maximum atomic E-state index is 13.3. The summed E-state index contributed by atoms with van der Waals surface area (Å²) in [7, 11) is 1.56. The molecule has 1 amide bonds. The summed E-state index contributed by atoms with van der Waals surface area (Å²) in [5.41, 5.74) is 2.36. The zero-order valence-electron chi connectivity index (χ0n) is 16.3. The van der Waals surface area contributed by atoms with Crippen LogP contribution in [0.4, 0.5) is 0 Å². The molecule has 144 valence electrons. The predicted molar refractivity (Wildman–Crippen MR) is 98.4 cm³/mol. The molecule has 2 heterocycles. The van der Waals surface area contributed by atoms with Gasteiger partial charge in [0.15, 0.2) is 0 Å². The summed E-state index contributed by atoms with van der Waals surface area (Å²) in [6.45, 7) is 6.33. The van der Waals surface area contributed by atoms with E-state index in [0.29, 0.717) is 41.1 Å². The normalized spacial score (nSPS) is 25.2. The van der Waals surface area contributed by atoms with E-state index < -0.39 is 5.97 Å². The number of likely N-dealkylation sites (tertiary alicyclic amines) is 1. The van der Waals surface area contributed by atoms with Crippen molar-refractivity contribution in [2.45, 2.75) is 65.0 Å². The van der Waals surface area contributed by atoms with Crippen molar-refractivity contribution < 1.29 is 19.1 Å². The summed E-state index contributed by atoms with van der Waals surface area (Å²) in [6.07, 6.45) is 5.86. The van der Waals surface area contributed by atoms with Crippen molar-refractivity contribution >= 4 is 11.9 Å². The van der Waals surface area contributed by atoms with Crippen LogP contribution in [0.2, 0.25) is 0 Å². The molecule has 1 saturated heterocycles. The lowest BCUT2D eigenvalue weighted by Crippen LogP contribution is -2.42. The average Bonchev–Trinajstić information content (AvgIpc) is 3.10. The first kappa shape index (κ1) is 19.0. The zero-order valence-corrected chi connectivity index (χ0v) is 16.3. The van der Waals surface area contributed by atoms with E-state index in [4.69, 9.17) is 9.47 Å². The number of aromatic amines is 1. The summed E-state index contributed by atoms with van der Waals surface area (Å²) >= 11 is 0. The molecule has 3 atom stereocenters. The van der Waals surface area contributed by atoms with Gasteiger partial charge in [0, 0.05) is 24.9 Å². The fraction of sp³-hybridized carbons (Fsp3) is 0.700. The van der Waals surface area contributed by atoms with Crippen molar-refractivity contribution in [3.05, 3.63) is 22.5 Å². The van der Waals surface area contributed by atoms with Crippen molar-refractivity contribution in [3.63, 3.8) is 0 Å². The fourth-order valence-corrected chi connectivity index (χ4v) is 4.75. The molecule has 1 aliphatic heterocycles. The van der Waals surface area contributed by atoms with Gasteiger partial charge in [0.1, 0.15) is 12.3 Å². The van der Waals surface area contributed by atoms with Gasteiger partial charge in [-0.15, -0.1) is 0 Å². The molecule has 0 spiro atoms. The summed E-state index contributed by atoms with van der Waals surface area (Å²) in [6, 6.07) is 0.585. The van der Waals surface area contributed by atoms with Crippen LogP contribution >= 0.6 is 0 Å². The topological polar surface area (TPSA) is 71.6 Å². The van der Waals surface area contributed by atoms with Crippen molar-refractivity contribution in [1.29, 1.82) is 0 Å². The minimum Gasteiger partial charge on any atom is -0.460 e. The second-order valence-corrected chi connectivity index (χ2v) is 7.66. The third-order valence-electron chi connectivity index (χ3n) is 5.96. The Balaban J connectivity index is 1.82. The van der Waals surface area contributed by atoms with Crippen molar-refractivity contribution in [3.8, 4) is 0 Å². The monoisotopic (exact) mass is 362 g/mol. The number of carbonyl (C=O) groups is 2. The highest BCUT2D eigenvalue weighted by Gasteiger charge is 2.43. The molecule has 0 bridgehead atoms. The van der Waals surface area contributed by atoms with E-state index >= 15 is 0 Å². The van der Waals surface area contributed by atoms with Crippen LogP contribution in [0.3, 0.4) is 0 Å². The van der Waals surface area contributed by atoms with Crippen LogP contribution in [0.1, 0.15) is 71.1 Å². The number of nitrogens with one attached hydrogen (secondary N) is 1. The van der Waals surface area contributed by atoms with Crippen molar-refractivity contribution in [2.24, 2.45) is 5.92 Å². The van der Waals surface area contributed by atoms with Crippen LogP contribution in [0.5, 0.6) is 0 Å². The molecule has 1 N–H and O–H groups in total. The number of rotatable bonds is 5. The lowest BCUT2D eigenvalue weighted by molar-refractivity contribution is 0.0387. The van der Waals surface area contributed by atoms with Gasteiger partial charge in [-0.05, 0) is 51.5 Å². The molecule has 1 aromatic heterocycles. The SMILES string of the molecule is COCCOC(=O)c1c(C)[nH]c(C(=O)N2C(C)CC3CCCCC32)c1C. The highest BCUT2D eigenvalue weighted by molar-refractivity contribution is 6.00. The quantitative estimate of drug-likeness (QED) is 0.645. The van der Waals surface area contributed by atoms with Crippen LogP contribution in [-0.2, 0) is 9.47 Å². The molecule has 1 aliphatic carbocycles. The van der Waals surface area contributed by atoms with Gasteiger partial charge < -0.3 is 19.4 Å². The van der Waals surface area contributed by atoms with Gasteiger partial charge in [0.05, 0.1) is 12.2 Å². The number of hydrogen-bond donors (Lipinski definition) is 1. The molecule has 3 unspecified atom stereocenters. The Labute approximate surface area is 155 Å². The second-order valence-electron chi connectivity index (χ2n) is 7.66. The number of esters is 1. The Kier molecular flexibility index (Phi) is 5.70. The lowest BCUT2D eigenvalue weighted by Gasteiger charge is -2.33. The van der Waals surface area contributed by atoms with Crippen LogP contribution in [0.25, 0.3) is 0 Å². The highest BCUT2D eigenvalue weighted by atomic mass is 16.6. The van der Waals surface area contributed by atoms with Crippen molar-refractivity contribution in [2.75, 3.05) is 20.3 Å². The molecule has 0 aromatic carbocycles. The molecular formula is C20H30N2O4. The Bertz CT molecular complexity index is 682. The van der Waals surface area contributed by atoms with E-state index in [0.717, 1.165) is 12.8 Å². The molecule has 1 aromatic rings. The predicted octanol–water partition coefficient (Wildman–Crippen LogP) is 3.23. The number of nitrogens with zero attached hydrogens (tertiary/aromatic N) is 1. The minimum absolute atomic E-state index is 0.0171. The number of aromatic nitrogens is 1. The van der Waals surface area contributed by atoms with E-state index in [1.165, 1.54) is 19.3 Å². The average molecular weight is 362 g/mol. The van der Waals surface area contributed by atoms with E-state index in [9.17, 15) is 9.59 Å². The van der Waals surface area contributed by atoms with E-state index in [1.807, 2.05) is 13.8 Å². The van der Waals surface area contributed by atoms with Gasteiger partial charge in [-0.3, -0.25) is 4.79 Å². The van der Waals surface area contributed by atoms with Gasteiger partial charge in [-0.2, -0.15) is 0 Å². The number of fused-ring (bicyclic) bond motifs is 1. The Morgan fingerprint density at radius 2 is 1.92 bits per heavy atom. The molecular weight excluding hydrogens is 332 g/mol. The third-order valence-corrected chi connectivity index (χ3v) is 5.96. The zero-order chi connectivity index (χ0) is 18.8. The Hall–Kier alpha value is -1.82. The molecule has 6 nitrogen and oxygen atoms in total. The first-order valence-electron chi connectivity index (χ1n) is 9.63. The number of amides is 1. The van der Waals surface area contributed by atoms with Crippen molar-refractivity contribution in [1.82, 2.24) is 9.88 Å². The summed E-state index contributed by atoms with van der Waals surface area (Å²) < 4.78 is 10.2. The number of H-pyrrole nitrogens is 1. The summed E-state index contributed by atoms with van der Waals surface area (Å²) in [4.78, 5) is 30.9. The maximum absolute atomic E-state index is 13.3. The second kappa shape index (κ2) is 7.82. The maximum Gasteiger partial charge on any atom is 0.340 e. The van der Waals surface area contributed by atoms with Crippen LogP contribution in [0, 0.1) is 19.8 Å². The number of ether oxygens (including phenoxy) is 2. The molecule has 6 heteroatoms. The number of methoxy groups -OCH3 is 1. The number of carbonyl (C=O) groups excluding carboxylic acids is 2.